The van der Waals surface area contributed by atoms with Crippen LogP contribution in [0.15, 0.2) is 12.3 Å². The zero-order valence-electron chi connectivity index (χ0n) is 7.65. The van der Waals surface area contributed by atoms with Gasteiger partial charge < -0.3 is 10.4 Å². The number of aliphatic carboxylic acids is 1. The minimum Gasteiger partial charge on any atom is -0.480 e. The fraction of sp³-hybridized carbons (Fsp3) is 0.286. The van der Waals surface area contributed by atoms with E-state index in [1.165, 1.54) is 5.32 Å². The number of aromatic nitrogens is 2. The number of carbonyl (C=O) groups is 2. The number of carboxylic acids is 1. The highest BCUT2D eigenvalue weighted by Crippen LogP contribution is 2.17. The summed E-state index contributed by atoms with van der Waals surface area (Å²) < 4.78 is 36.4. The number of halogens is 3. The van der Waals surface area contributed by atoms with Crippen molar-refractivity contribution in [3.8, 4) is 0 Å². The standard InChI is InChI=1S/C7H6F3N3O3/c8-7(9,10)6(16)12-4-1-2-11-13(4)3-5(14)15/h1-2H,3H2,(H,12,16)(H,14,15). The number of nitrogens with zero attached hydrogens (tertiary/aromatic N) is 2. The third kappa shape index (κ3) is 2.97. The molecule has 1 aromatic heterocycles. The van der Waals surface area contributed by atoms with Crippen LogP contribution in [0.1, 0.15) is 0 Å². The summed E-state index contributed by atoms with van der Waals surface area (Å²) >= 11 is 0. The van der Waals surface area contributed by atoms with Gasteiger partial charge in [-0.05, 0) is 0 Å². The van der Waals surface area contributed by atoms with Gasteiger partial charge >= 0.3 is 18.1 Å². The highest BCUT2D eigenvalue weighted by molar-refractivity contribution is 5.94. The Morgan fingerprint density at radius 1 is 1.50 bits per heavy atom. The summed E-state index contributed by atoms with van der Waals surface area (Å²) in [6.07, 6.45) is -3.95. The summed E-state index contributed by atoms with van der Waals surface area (Å²) in [5.41, 5.74) is 0. The van der Waals surface area contributed by atoms with Crippen LogP contribution in [0.25, 0.3) is 0 Å². The van der Waals surface area contributed by atoms with Crippen LogP contribution in [0.3, 0.4) is 0 Å². The quantitative estimate of drug-likeness (QED) is 0.800. The minimum absolute atomic E-state index is 0.329. The molecule has 9 heteroatoms. The first-order valence-corrected chi connectivity index (χ1v) is 3.92. The molecule has 0 fully saturated rings. The summed E-state index contributed by atoms with van der Waals surface area (Å²) in [5.74, 6) is -3.80. The van der Waals surface area contributed by atoms with E-state index in [2.05, 4.69) is 5.10 Å². The Bertz CT molecular complexity index is 412. The highest BCUT2D eigenvalue weighted by atomic mass is 19.4. The molecule has 0 radical (unpaired) electrons. The van der Waals surface area contributed by atoms with E-state index in [1.807, 2.05) is 0 Å². The van der Waals surface area contributed by atoms with E-state index in [1.54, 1.807) is 0 Å². The number of rotatable bonds is 3. The summed E-state index contributed by atoms with van der Waals surface area (Å²) in [6, 6.07) is 1.06. The smallest absolute Gasteiger partial charge is 0.471 e. The summed E-state index contributed by atoms with van der Waals surface area (Å²) in [7, 11) is 0. The third-order valence-electron chi connectivity index (χ3n) is 1.50. The lowest BCUT2D eigenvalue weighted by molar-refractivity contribution is -0.167. The number of carbonyl (C=O) groups excluding carboxylic acids is 1. The molecule has 0 saturated carbocycles. The highest BCUT2D eigenvalue weighted by Gasteiger charge is 2.39. The molecule has 1 rings (SSSR count). The molecule has 0 saturated heterocycles. The van der Waals surface area contributed by atoms with Gasteiger partial charge in [0.1, 0.15) is 12.4 Å². The van der Waals surface area contributed by atoms with Crippen molar-refractivity contribution in [1.29, 1.82) is 0 Å². The molecule has 0 bridgehead atoms. The van der Waals surface area contributed by atoms with Gasteiger partial charge in [-0.3, -0.25) is 9.59 Å². The van der Waals surface area contributed by atoms with Crippen molar-refractivity contribution in [2.24, 2.45) is 0 Å². The molecule has 0 aliphatic rings. The summed E-state index contributed by atoms with van der Waals surface area (Å²) in [6.45, 7) is -0.638. The number of anilines is 1. The Hall–Kier alpha value is -2.06. The second kappa shape index (κ2) is 4.21. The number of amides is 1. The molecular formula is C7H6F3N3O3. The van der Waals surface area contributed by atoms with Crippen molar-refractivity contribution in [1.82, 2.24) is 9.78 Å². The van der Waals surface area contributed by atoms with Crippen molar-refractivity contribution >= 4 is 17.7 Å². The van der Waals surface area contributed by atoms with Gasteiger partial charge in [0.25, 0.3) is 0 Å². The first-order chi connectivity index (χ1) is 7.30. The summed E-state index contributed by atoms with van der Waals surface area (Å²) in [4.78, 5) is 20.9. The molecule has 16 heavy (non-hydrogen) atoms. The maximum absolute atomic E-state index is 11.9. The van der Waals surface area contributed by atoms with E-state index in [0.717, 1.165) is 16.9 Å². The molecular weight excluding hydrogens is 231 g/mol. The van der Waals surface area contributed by atoms with Crippen LogP contribution in [0.2, 0.25) is 0 Å². The van der Waals surface area contributed by atoms with E-state index < -0.39 is 24.6 Å². The Morgan fingerprint density at radius 3 is 2.62 bits per heavy atom. The normalized spacial score (nSPS) is 11.2. The number of hydrogen-bond acceptors (Lipinski definition) is 3. The molecule has 1 heterocycles. The lowest BCUT2D eigenvalue weighted by atomic mass is 10.5. The molecule has 1 aromatic rings. The van der Waals surface area contributed by atoms with Crippen molar-refractivity contribution in [2.45, 2.75) is 12.7 Å². The SMILES string of the molecule is O=C(O)Cn1nccc1NC(=O)C(F)(F)F. The van der Waals surface area contributed by atoms with Crippen molar-refractivity contribution < 1.29 is 27.9 Å². The number of alkyl halides is 3. The van der Waals surface area contributed by atoms with Gasteiger partial charge in [-0.2, -0.15) is 18.3 Å². The van der Waals surface area contributed by atoms with Crippen molar-refractivity contribution in [2.75, 3.05) is 5.32 Å². The second-order valence-electron chi connectivity index (χ2n) is 2.72. The molecule has 0 aromatic carbocycles. The topological polar surface area (TPSA) is 84.2 Å². The van der Waals surface area contributed by atoms with Crippen LogP contribution in [-0.4, -0.2) is 32.9 Å². The van der Waals surface area contributed by atoms with E-state index >= 15 is 0 Å². The molecule has 88 valence electrons. The van der Waals surface area contributed by atoms with Gasteiger partial charge in [-0.15, -0.1) is 0 Å². The summed E-state index contributed by atoms with van der Waals surface area (Å²) in [5, 5.41) is 13.4. The molecule has 0 atom stereocenters. The van der Waals surface area contributed by atoms with E-state index in [-0.39, 0.29) is 5.82 Å². The van der Waals surface area contributed by atoms with Gasteiger partial charge in [0.2, 0.25) is 0 Å². The van der Waals surface area contributed by atoms with Gasteiger partial charge in [0.15, 0.2) is 0 Å². The predicted molar refractivity (Wildman–Crippen MR) is 44.5 cm³/mol. The third-order valence-corrected chi connectivity index (χ3v) is 1.50. The van der Waals surface area contributed by atoms with Gasteiger partial charge in [-0.1, -0.05) is 0 Å². The minimum atomic E-state index is -5.03. The fourth-order valence-electron chi connectivity index (χ4n) is 0.880. The van der Waals surface area contributed by atoms with E-state index in [0.29, 0.717) is 0 Å². The van der Waals surface area contributed by atoms with Gasteiger partial charge in [0, 0.05) is 6.07 Å². The molecule has 0 unspecified atom stereocenters. The van der Waals surface area contributed by atoms with Crippen LogP contribution >= 0.6 is 0 Å². The van der Waals surface area contributed by atoms with Crippen molar-refractivity contribution in [3.05, 3.63) is 12.3 Å². The molecule has 0 aliphatic carbocycles. The number of hydrogen-bond donors (Lipinski definition) is 2. The second-order valence-corrected chi connectivity index (χ2v) is 2.72. The lowest BCUT2D eigenvalue weighted by Gasteiger charge is -2.08. The molecule has 2 N–H and O–H groups in total. The fourth-order valence-corrected chi connectivity index (χ4v) is 0.880. The maximum atomic E-state index is 11.9. The first-order valence-electron chi connectivity index (χ1n) is 3.92. The average Bonchev–Trinajstić information content (AvgIpc) is 2.50. The largest absolute Gasteiger partial charge is 0.480 e. The lowest BCUT2D eigenvalue weighted by Crippen LogP contribution is -2.31. The Morgan fingerprint density at radius 2 is 2.12 bits per heavy atom. The van der Waals surface area contributed by atoms with Crippen molar-refractivity contribution in [3.63, 3.8) is 0 Å². The zero-order valence-corrected chi connectivity index (χ0v) is 7.65. The Labute approximate surface area is 86.7 Å². The van der Waals surface area contributed by atoms with Crippen LogP contribution in [0.4, 0.5) is 19.0 Å². The number of carboxylic acid groups (broad SMARTS) is 1. The predicted octanol–water partition coefficient (Wildman–Crippen LogP) is 0.468. The molecule has 0 spiro atoms. The maximum Gasteiger partial charge on any atom is 0.471 e. The van der Waals surface area contributed by atoms with E-state index in [9.17, 15) is 22.8 Å². The molecule has 1 amide bonds. The van der Waals surface area contributed by atoms with Crippen LogP contribution in [-0.2, 0) is 16.1 Å². The van der Waals surface area contributed by atoms with E-state index in [4.69, 9.17) is 5.11 Å². The monoisotopic (exact) mass is 237 g/mol. The van der Waals surface area contributed by atoms with Crippen LogP contribution in [0, 0.1) is 0 Å². The van der Waals surface area contributed by atoms with Gasteiger partial charge in [-0.25, -0.2) is 4.68 Å². The van der Waals surface area contributed by atoms with Gasteiger partial charge in [0.05, 0.1) is 6.20 Å². The molecule has 0 aliphatic heterocycles. The zero-order chi connectivity index (χ0) is 12.3. The first kappa shape index (κ1) is 12.0. The Balaban J connectivity index is 2.78. The van der Waals surface area contributed by atoms with Crippen LogP contribution < -0.4 is 5.32 Å². The average molecular weight is 237 g/mol. The molecule has 6 nitrogen and oxygen atoms in total. The van der Waals surface area contributed by atoms with Crippen LogP contribution in [0.5, 0.6) is 0 Å². The Kier molecular flexibility index (Phi) is 3.16. The number of nitrogens with one attached hydrogen (secondary N) is 1.